The third kappa shape index (κ3) is 1.90. The summed E-state index contributed by atoms with van der Waals surface area (Å²) in [6.45, 7) is -0.121. The molecule has 0 unspecified atom stereocenters. The molecular formula is C14H11N3O4. The highest BCUT2D eigenvalue weighted by Crippen LogP contribution is 2.24. The van der Waals surface area contributed by atoms with Crippen LogP contribution in [0.3, 0.4) is 0 Å². The van der Waals surface area contributed by atoms with E-state index >= 15 is 0 Å². The Morgan fingerprint density at radius 1 is 1.19 bits per heavy atom. The molecule has 0 saturated carbocycles. The summed E-state index contributed by atoms with van der Waals surface area (Å²) in [5, 5.41) is 13.0. The predicted molar refractivity (Wildman–Crippen MR) is 70.8 cm³/mol. The number of carbonyl (C=O) groups is 3. The molecular weight excluding hydrogens is 274 g/mol. The molecule has 7 heteroatoms. The van der Waals surface area contributed by atoms with Crippen LogP contribution in [0.5, 0.6) is 0 Å². The first kappa shape index (κ1) is 13.0. The van der Waals surface area contributed by atoms with Crippen LogP contribution < -0.4 is 0 Å². The Labute approximate surface area is 119 Å². The molecule has 0 atom stereocenters. The number of aromatic carboxylic acids is 1. The van der Waals surface area contributed by atoms with Crippen LogP contribution in [-0.2, 0) is 13.6 Å². The van der Waals surface area contributed by atoms with Crippen molar-refractivity contribution in [2.75, 3.05) is 0 Å². The molecule has 21 heavy (non-hydrogen) atoms. The molecule has 1 aromatic heterocycles. The van der Waals surface area contributed by atoms with Crippen molar-refractivity contribution in [3.8, 4) is 0 Å². The molecule has 1 N–H and O–H groups in total. The van der Waals surface area contributed by atoms with Crippen molar-refractivity contribution < 1.29 is 19.5 Å². The zero-order valence-electron chi connectivity index (χ0n) is 11.1. The van der Waals surface area contributed by atoms with Crippen molar-refractivity contribution in [3.05, 3.63) is 52.8 Å². The molecule has 1 aliphatic heterocycles. The summed E-state index contributed by atoms with van der Waals surface area (Å²) in [6, 6.07) is 6.52. The fourth-order valence-corrected chi connectivity index (χ4v) is 2.36. The number of benzene rings is 1. The summed E-state index contributed by atoms with van der Waals surface area (Å²) in [4.78, 5) is 36.7. The number of fused-ring (bicyclic) bond motifs is 1. The van der Waals surface area contributed by atoms with Crippen molar-refractivity contribution in [2.45, 2.75) is 6.54 Å². The van der Waals surface area contributed by atoms with Gasteiger partial charge in [-0.25, -0.2) is 4.79 Å². The molecule has 0 fully saturated rings. The first-order valence-corrected chi connectivity index (χ1v) is 6.20. The Morgan fingerprint density at radius 3 is 2.29 bits per heavy atom. The van der Waals surface area contributed by atoms with E-state index in [9.17, 15) is 14.4 Å². The quantitative estimate of drug-likeness (QED) is 0.846. The van der Waals surface area contributed by atoms with Crippen molar-refractivity contribution in [3.63, 3.8) is 0 Å². The van der Waals surface area contributed by atoms with E-state index in [-0.39, 0.29) is 12.1 Å². The second-order valence-electron chi connectivity index (χ2n) is 4.68. The van der Waals surface area contributed by atoms with Crippen molar-refractivity contribution in [2.24, 2.45) is 7.05 Å². The normalized spacial score (nSPS) is 13.7. The summed E-state index contributed by atoms with van der Waals surface area (Å²) in [5.41, 5.74) is 0.953. The Kier molecular flexibility index (Phi) is 2.83. The molecule has 106 valence electrons. The highest BCUT2D eigenvalue weighted by molar-refractivity contribution is 6.21. The van der Waals surface area contributed by atoms with Gasteiger partial charge in [0.25, 0.3) is 11.8 Å². The van der Waals surface area contributed by atoms with Gasteiger partial charge in [0.05, 0.1) is 29.6 Å². The molecule has 0 radical (unpaired) electrons. The Morgan fingerprint density at radius 2 is 1.76 bits per heavy atom. The molecule has 3 rings (SSSR count). The van der Waals surface area contributed by atoms with Gasteiger partial charge in [0.2, 0.25) is 0 Å². The Hall–Kier alpha value is -2.96. The van der Waals surface area contributed by atoms with Crippen LogP contribution in [-0.4, -0.2) is 37.6 Å². The van der Waals surface area contributed by atoms with Gasteiger partial charge in [-0.15, -0.1) is 0 Å². The molecule has 0 saturated heterocycles. The maximum atomic E-state index is 12.3. The minimum absolute atomic E-state index is 0.0194. The van der Waals surface area contributed by atoms with Crippen molar-refractivity contribution >= 4 is 17.8 Å². The summed E-state index contributed by atoms with van der Waals surface area (Å²) >= 11 is 0. The van der Waals surface area contributed by atoms with E-state index < -0.39 is 17.8 Å². The topological polar surface area (TPSA) is 92.5 Å². The molecule has 2 amide bonds. The minimum Gasteiger partial charge on any atom is -0.478 e. The van der Waals surface area contributed by atoms with Gasteiger partial charge in [-0.05, 0) is 12.1 Å². The number of carboxylic acids is 1. The van der Waals surface area contributed by atoms with E-state index in [1.54, 1.807) is 31.3 Å². The predicted octanol–water partition coefficient (Wildman–Crippen LogP) is 0.915. The molecule has 1 aliphatic rings. The van der Waals surface area contributed by atoms with Gasteiger partial charge in [-0.3, -0.25) is 19.2 Å². The molecule has 2 heterocycles. The summed E-state index contributed by atoms with van der Waals surface area (Å²) in [7, 11) is 1.57. The van der Waals surface area contributed by atoms with E-state index in [4.69, 9.17) is 5.11 Å². The fraction of sp³-hybridized carbons (Fsp3) is 0.143. The van der Waals surface area contributed by atoms with Gasteiger partial charge in [0.15, 0.2) is 0 Å². The fourth-order valence-electron chi connectivity index (χ4n) is 2.36. The summed E-state index contributed by atoms with van der Waals surface area (Å²) in [5.74, 6) is -1.99. The number of hydrogen-bond acceptors (Lipinski definition) is 4. The zero-order valence-corrected chi connectivity index (χ0v) is 11.1. The van der Waals surface area contributed by atoms with E-state index in [0.29, 0.717) is 16.8 Å². The molecule has 0 bridgehead atoms. The first-order valence-electron chi connectivity index (χ1n) is 6.20. The minimum atomic E-state index is -1.14. The second kappa shape index (κ2) is 4.55. The Bertz CT molecular complexity index is 743. The van der Waals surface area contributed by atoms with E-state index in [1.807, 2.05) is 0 Å². The lowest BCUT2D eigenvalue weighted by Gasteiger charge is -2.14. The van der Waals surface area contributed by atoms with Gasteiger partial charge < -0.3 is 5.11 Å². The number of amides is 2. The van der Waals surface area contributed by atoms with Crippen LogP contribution in [0, 0.1) is 0 Å². The lowest BCUT2D eigenvalue weighted by Crippen LogP contribution is -2.30. The van der Waals surface area contributed by atoms with Crippen LogP contribution in [0.25, 0.3) is 0 Å². The average Bonchev–Trinajstić information content (AvgIpc) is 2.94. The number of nitrogens with zero attached hydrogens (tertiary/aromatic N) is 3. The number of aryl methyl sites for hydroxylation is 1. The van der Waals surface area contributed by atoms with Crippen LogP contribution in [0.4, 0.5) is 0 Å². The molecule has 7 nitrogen and oxygen atoms in total. The van der Waals surface area contributed by atoms with E-state index in [0.717, 1.165) is 4.90 Å². The molecule has 2 aromatic rings. The van der Waals surface area contributed by atoms with Gasteiger partial charge >= 0.3 is 5.97 Å². The smallest absolute Gasteiger partial charge is 0.339 e. The highest BCUT2D eigenvalue weighted by atomic mass is 16.4. The number of rotatable bonds is 3. The standard InChI is InChI=1S/C14H11N3O4/c1-16-11(10(6-15-16)14(20)21)7-17-12(18)8-4-2-3-5-9(8)13(17)19/h2-6H,7H2,1H3,(H,20,21). The number of aromatic nitrogens is 2. The molecule has 0 aliphatic carbocycles. The SMILES string of the molecule is Cn1ncc(C(=O)O)c1CN1C(=O)c2ccccc2C1=O. The van der Waals surface area contributed by atoms with Gasteiger partial charge in [0, 0.05) is 7.05 Å². The lowest BCUT2D eigenvalue weighted by molar-refractivity contribution is 0.0624. The first-order chi connectivity index (χ1) is 10.0. The van der Waals surface area contributed by atoms with Crippen molar-refractivity contribution in [1.82, 2.24) is 14.7 Å². The summed E-state index contributed by atoms with van der Waals surface area (Å²) in [6.07, 6.45) is 1.20. The second-order valence-corrected chi connectivity index (χ2v) is 4.68. The van der Waals surface area contributed by atoms with Gasteiger partial charge in [-0.2, -0.15) is 5.10 Å². The van der Waals surface area contributed by atoms with Crippen LogP contribution in [0.1, 0.15) is 36.8 Å². The lowest BCUT2D eigenvalue weighted by atomic mass is 10.1. The molecule has 0 spiro atoms. The maximum Gasteiger partial charge on any atom is 0.339 e. The number of imide groups is 1. The van der Waals surface area contributed by atoms with E-state index in [1.165, 1.54) is 10.9 Å². The number of carboxylic acid groups (broad SMARTS) is 1. The maximum absolute atomic E-state index is 12.3. The summed E-state index contributed by atoms with van der Waals surface area (Å²) < 4.78 is 1.35. The number of hydrogen-bond donors (Lipinski definition) is 1. The monoisotopic (exact) mass is 285 g/mol. The van der Waals surface area contributed by atoms with E-state index in [2.05, 4.69) is 5.10 Å². The van der Waals surface area contributed by atoms with Crippen molar-refractivity contribution in [1.29, 1.82) is 0 Å². The third-order valence-electron chi connectivity index (χ3n) is 3.48. The molecule has 1 aromatic carbocycles. The van der Waals surface area contributed by atoms with Crippen LogP contribution in [0.15, 0.2) is 30.5 Å². The van der Waals surface area contributed by atoms with Crippen LogP contribution >= 0.6 is 0 Å². The zero-order chi connectivity index (χ0) is 15.1. The average molecular weight is 285 g/mol. The van der Waals surface area contributed by atoms with Crippen LogP contribution in [0.2, 0.25) is 0 Å². The highest BCUT2D eigenvalue weighted by Gasteiger charge is 2.36. The third-order valence-corrected chi connectivity index (χ3v) is 3.48. The van der Waals surface area contributed by atoms with Gasteiger partial charge in [0.1, 0.15) is 5.56 Å². The van der Waals surface area contributed by atoms with Gasteiger partial charge in [-0.1, -0.05) is 12.1 Å². The number of carbonyl (C=O) groups excluding carboxylic acids is 2. The largest absolute Gasteiger partial charge is 0.478 e. The Balaban J connectivity index is 1.98.